The zero-order chi connectivity index (χ0) is 26.6. The number of hydrogen-bond donors (Lipinski definition) is 3. The van der Waals surface area contributed by atoms with Crippen LogP contribution in [0.15, 0.2) is 31.4 Å². The third kappa shape index (κ3) is 5.59. The fourth-order valence-corrected chi connectivity index (χ4v) is 4.53. The van der Waals surface area contributed by atoms with Gasteiger partial charge in [0.05, 0.1) is 37.8 Å². The van der Waals surface area contributed by atoms with E-state index in [1.54, 1.807) is 23.3 Å². The quantitative estimate of drug-likeness (QED) is 0.329. The van der Waals surface area contributed by atoms with Crippen LogP contribution in [0.4, 0.5) is 16.2 Å². The summed E-state index contributed by atoms with van der Waals surface area (Å²) in [6.45, 7) is 7.81. The first-order chi connectivity index (χ1) is 18.4. The molecular weight excluding hydrogens is 495 g/mol. The molecule has 0 spiro atoms. The molecule has 1 aliphatic carbocycles. The number of fused-ring (bicyclic) bond motifs is 1. The largest absolute Gasteiger partial charge is 0.378 e. The van der Waals surface area contributed by atoms with Gasteiger partial charge in [-0.2, -0.15) is 15.1 Å². The van der Waals surface area contributed by atoms with E-state index < -0.39 is 6.30 Å². The van der Waals surface area contributed by atoms with Crippen molar-refractivity contribution >= 4 is 34.7 Å². The molecule has 1 saturated carbocycles. The number of aromatic nitrogens is 6. The van der Waals surface area contributed by atoms with Crippen LogP contribution in [0, 0.1) is 5.92 Å². The maximum atomic E-state index is 13.7. The number of amides is 2. The van der Waals surface area contributed by atoms with Gasteiger partial charge in [0.1, 0.15) is 6.33 Å². The zero-order valence-corrected chi connectivity index (χ0v) is 21.1. The number of nitrogens with one attached hydrogen (secondary N) is 3. The second-order valence-corrected chi connectivity index (χ2v) is 9.42. The normalized spacial score (nSPS) is 20.0. The molecule has 1 aliphatic heterocycles. The highest BCUT2D eigenvalue weighted by molar-refractivity contribution is 5.88. The molecule has 1 saturated heterocycles. The van der Waals surface area contributed by atoms with Gasteiger partial charge >= 0.3 is 0 Å². The van der Waals surface area contributed by atoms with Crippen LogP contribution in [-0.4, -0.2) is 86.5 Å². The first kappa shape index (κ1) is 25.6. The van der Waals surface area contributed by atoms with Gasteiger partial charge in [-0.3, -0.25) is 14.2 Å². The fraction of sp³-hybridized carbons (Fsp3) is 0.500. The van der Waals surface area contributed by atoms with Gasteiger partial charge in [-0.1, -0.05) is 6.58 Å². The maximum absolute atomic E-state index is 13.7. The number of halogens is 1. The van der Waals surface area contributed by atoms with Gasteiger partial charge in [0.25, 0.3) is 0 Å². The van der Waals surface area contributed by atoms with Crippen LogP contribution >= 0.6 is 0 Å². The number of carbonyl (C=O) groups excluding carboxylic acids is 2. The van der Waals surface area contributed by atoms with Crippen LogP contribution < -0.4 is 20.9 Å². The van der Waals surface area contributed by atoms with Gasteiger partial charge in [0, 0.05) is 25.7 Å². The van der Waals surface area contributed by atoms with Crippen molar-refractivity contribution in [3.05, 3.63) is 31.4 Å². The number of rotatable bonds is 10. The van der Waals surface area contributed by atoms with Gasteiger partial charge in [0.15, 0.2) is 23.3 Å². The molecular formula is C24H31FN10O3. The molecule has 3 aromatic heterocycles. The standard InChI is InChI=1S/C24H31FN10O3/c1-3-19(36)26-10-16-8-17(9-16)30-20(37)12-27-22-21-23(32-24(31-22)33-4-6-38-7-5-33)34(14-28-21)18-11-29-35(13-18)15(2)25/h3,11,13-17H,1,4-10,12H2,2H3,(H,26,36)(H,30,37)(H,27,31,32). The lowest BCUT2D eigenvalue weighted by atomic mass is 9.80. The summed E-state index contributed by atoms with van der Waals surface area (Å²) in [5.41, 5.74) is 1.60. The average molecular weight is 527 g/mol. The highest BCUT2D eigenvalue weighted by Crippen LogP contribution is 2.27. The summed E-state index contributed by atoms with van der Waals surface area (Å²) in [6.07, 6.45) is 6.29. The third-order valence-corrected chi connectivity index (χ3v) is 6.68. The van der Waals surface area contributed by atoms with Crippen molar-refractivity contribution in [1.82, 2.24) is 39.9 Å². The number of alkyl halides is 1. The number of hydrogen-bond acceptors (Lipinski definition) is 9. The number of ether oxygens (including phenoxy) is 1. The summed E-state index contributed by atoms with van der Waals surface area (Å²) < 4.78 is 22.1. The summed E-state index contributed by atoms with van der Waals surface area (Å²) in [7, 11) is 0. The van der Waals surface area contributed by atoms with E-state index in [1.807, 2.05) is 4.90 Å². The van der Waals surface area contributed by atoms with E-state index in [-0.39, 0.29) is 24.4 Å². The Morgan fingerprint density at radius 2 is 2.08 bits per heavy atom. The van der Waals surface area contributed by atoms with Crippen molar-refractivity contribution in [3.8, 4) is 5.69 Å². The van der Waals surface area contributed by atoms with E-state index >= 15 is 0 Å². The van der Waals surface area contributed by atoms with E-state index in [1.165, 1.54) is 17.7 Å². The van der Waals surface area contributed by atoms with Crippen molar-refractivity contribution in [3.63, 3.8) is 0 Å². The molecule has 0 bridgehead atoms. The summed E-state index contributed by atoms with van der Waals surface area (Å²) in [5, 5.41) is 13.0. The molecule has 3 N–H and O–H groups in total. The molecule has 13 nitrogen and oxygen atoms in total. The number of nitrogens with zero attached hydrogens (tertiary/aromatic N) is 7. The van der Waals surface area contributed by atoms with Crippen LogP contribution in [0.5, 0.6) is 0 Å². The Kier molecular flexibility index (Phi) is 7.49. The van der Waals surface area contributed by atoms with E-state index in [0.717, 1.165) is 12.8 Å². The Morgan fingerprint density at radius 3 is 2.79 bits per heavy atom. The molecule has 14 heteroatoms. The molecule has 2 amide bonds. The molecule has 1 atom stereocenters. The first-order valence-electron chi connectivity index (χ1n) is 12.6. The Hall–Kier alpha value is -4.07. The van der Waals surface area contributed by atoms with E-state index in [2.05, 4.69) is 37.6 Å². The molecule has 0 radical (unpaired) electrons. The molecule has 2 aliphatic rings. The van der Waals surface area contributed by atoms with Crippen LogP contribution in [-0.2, 0) is 14.3 Å². The van der Waals surface area contributed by atoms with Crippen molar-refractivity contribution in [2.45, 2.75) is 32.1 Å². The predicted molar refractivity (Wildman–Crippen MR) is 138 cm³/mol. The second-order valence-electron chi connectivity index (χ2n) is 9.42. The van der Waals surface area contributed by atoms with E-state index in [4.69, 9.17) is 9.72 Å². The van der Waals surface area contributed by atoms with Crippen molar-refractivity contribution < 1.29 is 18.7 Å². The molecule has 3 aromatic rings. The molecule has 2 fully saturated rings. The summed E-state index contributed by atoms with van der Waals surface area (Å²) in [4.78, 5) is 39.9. The SMILES string of the molecule is C=CC(=O)NCC1CC(NC(=O)CNc2nc(N3CCOCC3)nc3c2ncn3-c2cnn(C(C)F)c2)C1. The minimum atomic E-state index is -1.27. The molecule has 1 unspecified atom stereocenters. The van der Waals surface area contributed by atoms with E-state index in [9.17, 15) is 14.0 Å². The first-order valence-corrected chi connectivity index (χ1v) is 12.6. The Labute approximate surface area is 218 Å². The number of carbonyl (C=O) groups is 2. The van der Waals surface area contributed by atoms with Crippen LogP contribution in [0.3, 0.4) is 0 Å². The smallest absolute Gasteiger partial charge is 0.243 e. The third-order valence-electron chi connectivity index (χ3n) is 6.68. The summed E-state index contributed by atoms with van der Waals surface area (Å²) in [5.74, 6) is 0.891. The minimum absolute atomic E-state index is 0.00713. The van der Waals surface area contributed by atoms with Crippen molar-refractivity contribution in [2.75, 3.05) is 49.6 Å². The zero-order valence-electron chi connectivity index (χ0n) is 21.1. The lowest BCUT2D eigenvalue weighted by molar-refractivity contribution is -0.121. The molecule has 4 heterocycles. The summed E-state index contributed by atoms with van der Waals surface area (Å²) in [6, 6.07) is 0.0675. The van der Waals surface area contributed by atoms with Gasteiger partial charge in [-0.15, -0.1) is 0 Å². The lowest BCUT2D eigenvalue weighted by Crippen LogP contribution is -2.48. The highest BCUT2D eigenvalue weighted by atomic mass is 19.1. The van der Waals surface area contributed by atoms with Gasteiger partial charge in [0.2, 0.25) is 17.8 Å². The Balaban J connectivity index is 1.29. The minimum Gasteiger partial charge on any atom is -0.378 e. The monoisotopic (exact) mass is 526 g/mol. The fourth-order valence-electron chi connectivity index (χ4n) is 4.53. The average Bonchev–Trinajstić information content (AvgIpc) is 3.56. The molecule has 5 rings (SSSR count). The maximum Gasteiger partial charge on any atom is 0.243 e. The van der Waals surface area contributed by atoms with Gasteiger partial charge < -0.3 is 25.6 Å². The van der Waals surface area contributed by atoms with Crippen molar-refractivity contribution in [1.29, 1.82) is 0 Å². The number of imidazole rings is 1. The van der Waals surface area contributed by atoms with Gasteiger partial charge in [-0.25, -0.2) is 14.1 Å². The molecule has 38 heavy (non-hydrogen) atoms. The second kappa shape index (κ2) is 11.1. The van der Waals surface area contributed by atoms with Crippen LogP contribution in [0.25, 0.3) is 16.9 Å². The van der Waals surface area contributed by atoms with Gasteiger partial charge in [-0.05, 0) is 31.8 Å². The highest BCUT2D eigenvalue weighted by Gasteiger charge is 2.30. The number of morpholine rings is 1. The Bertz CT molecular complexity index is 1310. The number of anilines is 2. The lowest BCUT2D eigenvalue weighted by Gasteiger charge is -2.35. The molecule has 202 valence electrons. The van der Waals surface area contributed by atoms with E-state index in [0.29, 0.717) is 67.4 Å². The van der Waals surface area contributed by atoms with Crippen LogP contribution in [0.2, 0.25) is 0 Å². The summed E-state index contributed by atoms with van der Waals surface area (Å²) >= 11 is 0. The predicted octanol–water partition coefficient (Wildman–Crippen LogP) is 0.946. The van der Waals surface area contributed by atoms with Crippen LogP contribution in [0.1, 0.15) is 26.1 Å². The van der Waals surface area contributed by atoms with Crippen molar-refractivity contribution in [2.24, 2.45) is 5.92 Å². The Morgan fingerprint density at radius 1 is 1.29 bits per heavy atom. The topological polar surface area (TPSA) is 144 Å². The molecule has 0 aromatic carbocycles.